The van der Waals surface area contributed by atoms with Crippen LogP contribution < -0.4 is 4.72 Å². The molecule has 0 spiro atoms. The Hall–Kier alpha value is -0.870. The summed E-state index contributed by atoms with van der Waals surface area (Å²) < 4.78 is 27.8. The number of hydrogen-bond donors (Lipinski definition) is 1. The largest absolute Gasteiger partial charge is 0.240 e. The summed E-state index contributed by atoms with van der Waals surface area (Å²) in [5, 5.41) is 0. The maximum Gasteiger partial charge on any atom is 0.240 e. The second-order valence-electron chi connectivity index (χ2n) is 6.49. The van der Waals surface area contributed by atoms with Gasteiger partial charge in [0.25, 0.3) is 0 Å². The van der Waals surface area contributed by atoms with Crippen LogP contribution in [0.3, 0.4) is 0 Å². The number of unbranched alkanes of at least 4 members (excludes halogenated alkanes) is 1. The summed E-state index contributed by atoms with van der Waals surface area (Å²) in [6.45, 7) is 4.38. The molecule has 0 unspecified atom stereocenters. The zero-order chi connectivity index (χ0) is 16.0. The van der Waals surface area contributed by atoms with Gasteiger partial charge in [-0.15, -0.1) is 0 Å². The third kappa shape index (κ3) is 4.82. The molecule has 1 saturated carbocycles. The van der Waals surface area contributed by atoms with Crippen molar-refractivity contribution in [3.8, 4) is 0 Å². The highest BCUT2D eigenvalue weighted by Crippen LogP contribution is 2.27. The molecular formula is C18H29NO2S. The fourth-order valence-corrected chi connectivity index (χ4v) is 4.50. The normalized spacial score (nSPS) is 22.6. The minimum absolute atomic E-state index is 0.104. The van der Waals surface area contributed by atoms with Gasteiger partial charge in [0.1, 0.15) is 0 Å². The summed E-state index contributed by atoms with van der Waals surface area (Å²) in [4.78, 5) is 0.394. The van der Waals surface area contributed by atoms with Gasteiger partial charge in [0, 0.05) is 6.04 Å². The van der Waals surface area contributed by atoms with E-state index >= 15 is 0 Å². The van der Waals surface area contributed by atoms with Gasteiger partial charge in [-0.2, -0.15) is 0 Å². The summed E-state index contributed by atoms with van der Waals surface area (Å²) in [5.74, 6) is 0.776. The summed E-state index contributed by atoms with van der Waals surface area (Å²) >= 11 is 0. The second-order valence-corrected chi connectivity index (χ2v) is 8.21. The lowest BCUT2D eigenvalue weighted by molar-refractivity contribution is 0.306. The van der Waals surface area contributed by atoms with Crippen molar-refractivity contribution in [1.29, 1.82) is 0 Å². The van der Waals surface area contributed by atoms with E-state index in [-0.39, 0.29) is 6.04 Å². The Bertz CT molecular complexity index is 543. The van der Waals surface area contributed by atoms with E-state index in [0.29, 0.717) is 4.90 Å². The Kier molecular flexibility index (Phi) is 6.45. The zero-order valence-corrected chi connectivity index (χ0v) is 14.7. The van der Waals surface area contributed by atoms with Gasteiger partial charge in [-0.3, -0.25) is 0 Å². The van der Waals surface area contributed by atoms with E-state index in [1.807, 2.05) is 12.1 Å². The predicted octanol–water partition coefficient (Wildman–Crippen LogP) is 4.28. The van der Waals surface area contributed by atoms with Gasteiger partial charge >= 0.3 is 0 Å². The maximum atomic E-state index is 12.5. The Morgan fingerprint density at radius 3 is 2.23 bits per heavy atom. The van der Waals surface area contributed by atoms with Crippen LogP contribution in [0.1, 0.15) is 64.4 Å². The monoisotopic (exact) mass is 323 g/mol. The number of nitrogens with one attached hydrogen (secondary N) is 1. The molecule has 4 heteroatoms. The molecule has 3 nitrogen and oxygen atoms in total. The highest BCUT2D eigenvalue weighted by molar-refractivity contribution is 7.89. The highest BCUT2D eigenvalue weighted by Gasteiger charge is 2.24. The van der Waals surface area contributed by atoms with E-state index in [0.717, 1.165) is 50.9 Å². The molecule has 1 N–H and O–H groups in total. The van der Waals surface area contributed by atoms with Crippen LogP contribution >= 0.6 is 0 Å². The average molecular weight is 324 g/mol. The SMILES string of the molecule is CCCCc1ccc(S(=O)(=O)NC2CCC(CC)CC2)cc1. The van der Waals surface area contributed by atoms with Crippen molar-refractivity contribution in [2.45, 2.75) is 76.2 Å². The third-order valence-electron chi connectivity index (χ3n) is 4.80. The van der Waals surface area contributed by atoms with Crippen molar-refractivity contribution in [3.05, 3.63) is 29.8 Å². The van der Waals surface area contributed by atoms with Crippen LogP contribution in [0.15, 0.2) is 29.2 Å². The van der Waals surface area contributed by atoms with E-state index in [1.54, 1.807) is 12.1 Å². The molecule has 0 aromatic heterocycles. The van der Waals surface area contributed by atoms with E-state index < -0.39 is 10.0 Å². The van der Waals surface area contributed by atoms with Crippen LogP contribution in [0.5, 0.6) is 0 Å². The first kappa shape index (κ1) is 17.5. The van der Waals surface area contributed by atoms with Gasteiger partial charge < -0.3 is 0 Å². The summed E-state index contributed by atoms with van der Waals surface area (Å²) in [5.41, 5.74) is 1.21. The molecule has 0 aliphatic heterocycles. The summed E-state index contributed by atoms with van der Waals surface area (Å²) in [6, 6.07) is 7.47. The number of benzene rings is 1. The lowest BCUT2D eigenvalue weighted by atomic mass is 9.85. The van der Waals surface area contributed by atoms with Crippen LogP contribution in [-0.2, 0) is 16.4 Å². The van der Waals surface area contributed by atoms with Crippen LogP contribution in [-0.4, -0.2) is 14.5 Å². The standard InChI is InChI=1S/C18H29NO2S/c1-3-5-6-16-9-13-18(14-10-16)22(20,21)19-17-11-7-15(4-2)8-12-17/h9-10,13-15,17,19H,3-8,11-12H2,1-2H3. The predicted molar refractivity (Wildman–Crippen MR) is 91.4 cm³/mol. The van der Waals surface area contributed by atoms with Crippen molar-refractivity contribution in [3.63, 3.8) is 0 Å². The molecule has 0 radical (unpaired) electrons. The first-order valence-electron chi connectivity index (χ1n) is 8.66. The molecule has 1 aromatic rings. The van der Waals surface area contributed by atoms with Crippen molar-refractivity contribution >= 4 is 10.0 Å². The lowest BCUT2D eigenvalue weighted by Crippen LogP contribution is -2.37. The number of hydrogen-bond acceptors (Lipinski definition) is 2. The van der Waals surface area contributed by atoms with Gasteiger partial charge in [-0.25, -0.2) is 13.1 Å². The minimum atomic E-state index is -3.37. The molecule has 2 rings (SSSR count). The molecule has 1 aromatic carbocycles. The Morgan fingerprint density at radius 2 is 1.68 bits per heavy atom. The quantitative estimate of drug-likeness (QED) is 0.814. The van der Waals surface area contributed by atoms with Crippen molar-refractivity contribution in [1.82, 2.24) is 4.72 Å². The number of sulfonamides is 1. The first-order chi connectivity index (χ1) is 10.5. The minimum Gasteiger partial charge on any atom is -0.208 e. The van der Waals surface area contributed by atoms with Gasteiger partial charge in [0.2, 0.25) is 10.0 Å². The Labute approximate surface area is 135 Å². The summed E-state index contributed by atoms with van der Waals surface area (Å²) in [7, 11) is -3.37. The number of rotatable bonds is 7. The average Bonchev–Trinajstić information content (AvgIpc) is 2.53. The van der Waals surface area contributed by atoms with Gasteiger partial charge in [-0.1, -0.05) is 38.8 Å². The van der Waals surface area contributed by atoms with Crippen molar-refractivity contribution in [2.24, 2.45) is 5.92 Å². The Balaban J connectivity index is 1.95. The van der Waals surface area contributed by atoms with Crippen LogP contribution in [0, 0.1) is 5.92 Å². The maximum absolute atomic E-state index is 12.5. The van der Waals surface area contributed by atoms with Crippen LogP contribution in [0.4, 0.5) is 0 Å². The zero-order valence-electron chi connectivity index (χ0n) is 13.8. The van der Waals surface area contributed by atoms with Crippen LogP contribution in [0.2, 0.25) is 0 Å². The molecule has 0 saturated heterocycles. The van der Waals surface area contributed by atoms with E-state index in [9.17, 15) is 8.42 Å². The molecule has 1 fully saturated rings. The lowest BCUT2D eigenvalue weighted by Gasteiger charge is -2.28. The third-order valence-corrected chi connectivity index (χ3v) is 6.33. The molecule has 1 aliphatic carbocycles. The molecule has 0 atom stereocenters. The van der Waals surface area contributed by atoms with E-state index in [4.69, 9.17) is 0 Å². The van der Waals surface area contributed by atoms with Crippen LogP contribution in [0.25, 0.3) is 0 Å². The smallest absolute Gasteiger partial charge is 0.208 e. The fraction of sp³-hybridized carbons (Fsp3) is 0.667. The van der Waals surface area contributed by atoms with Crippen molar-refractivity contribution < 1.29 is 8.42 Å². The van der Waals surface area contributed by atoms with E-state index in [2.05, 4.69) is 18.6 Å². The molecule has 0 heterocycles. The highest BCUT2D eigenvalue weighted by atomic mass is 32.2. The molecule has 124 valence electrons. The first-order valence-corrected chi connectivity index (χ1v) is 10.1. The molecule has 1 aliphatic rings. The van der Waals surface area contributed by atoms with E-state index in [1.165, 1.54) is 12.0 Å². The van der Waals surface area contributed by atoms with Gasteiger partial charge in [-0.05, 0) is 62.1 Å². The fourth-order valence-electron chi connectivity index (χ4n) is 3.19. The topological polar surface area (TPSA) is 46.2 Å². The molecule has 0 amide bonds. The molecular weight excluding hydrogens is 294 g/mol. The molecule has 22 heavy (non-hydrogen) atoms. The van der Waals surface area contributed by atoms with Crippen molar-refractivity contribution in [2.75, 3.05) is 0 Å². The molecule has 0 bridgehead atoms. The number of aryl methyl sites for hydroxylation is 1. The van der Waals surface area contributed by atoms with Gasteiger partial charge in [0.15, 0.2) is 0 Å². The Morgan fingerprint density at radius 1 is 1.05 bits per heavy atom. The second kappa shape index (κ2) is 8.11. The van der Waals surface area contributed by atoms with Gasteiger partial charge in [0.05, 0.1) is 4.90 Å². The summed E-state index contributed by atoms with van der Waals surface area (Å²) in [6.07, 6.45) is 8.73.